The van der Waals surface area contributed by atoms with E-state index in [1.807, 2.05) is 0 Å². The molecule has 0 saturated carbocycles. The van der Waals surface area contributed by atoms with Gasteiger partial charge in [0.25, 0.3) is 15.0 Å². The molecular weight excluding hydrogens is 326 g/mol. The molecule has 0 fully saturated rings. The molecule has 0 saturated heterocycles. The molecule has 4 nitrogen and oxygen atoms in total. The number of amides is 1. The van der Waals surface area contributed by atoms with Crippen LogP contribution in [0.2, 0.25) is 0 Å². The number of carbonyl (C=O) groups is 1. The number of aryl methyl sites for hydroxylation is 1. The highest BCUT2D eigenvalue weighted by Gasteiger charge is 2.29. The van der Waals surface area contributed by atoms with Gasteiger partial charge in [-0.25, -0.2) is 12.8 Å². The third-order valence-electron chi connectivity index (χ3n) is 2.20. The minimum absolute atomic E-state index is 0.233. The van der Waals surface area contributed by atoms with E-state index in [1.165, 1.54) is 5.32 Å². The van der Waals surface area contributed by atoms with Gasteiger partial charge < -0.3 is 5.32 Å². The van der Waals surface area contributed by atoms with E-state index in [1.54, 1.807) is 0 Å². The fourth-order valence-electron chi connectivity index (χ4n) is 1.32. The van der Waals surface area contributed by atoms with Crippen molar-refractivity contribution in [2.45, 2.75) is 18.0 Å². The first-order valence-electron chi connectivity index (χ1n) is 5.01. The highest BCUT2D eigenvalue weighted by Crippen LogP contribution is 2.22. The minimum atomic E-state index is -4.67. The summed E-state index contributed by atoms with van der Waals surface area (Å²) in [5.74, 6) is -2.50. The van der Waals surface area contributed by atoms with E-state index in [0.717, 1.165) is 13.0 Å². The van der Waals surface area contributed by atoms with Crippen LogP contribution in [0.4, 0.5) is 17.6 Å². The predicted molar refractivity (Wildman–Crippen MR) is 62.6 cm³/mol. The van der Waals surface area contributed by atoms with Gasteiger partial charge in [-0.3, -0.25) is 4.79 Å². The van der Waals surface area contributed by atoms with E-state index in [4.69, 9.17) is 10.7 Å². The van der Waals surface area contributed by atoms with Gasteiger partial charge in [0.1, 0.15) is 12.4 Å². The molecule has 0 radical (unpaired) electrons. The topological polar surface area (TPSA) is 63.2 Å². The quantitative estimate of drug-likeness (QED) is 0.682. The Hall–Kier alpha value is -1.35. The summed E-state index contributed by atoms with van der Waals surface area (Å²) in [6.07, 6.45) is -4.67. The lowest BCUT2D eigenvalue weighted by Crippen LogP contribution is -2.34. The van der Waals surface area contributed by atoms with Gasteiger partial charge >= 0.3 is 6.18 Å². The molecule has 0 unspecified atom stereocenters. The Morgan fingerprint density at radius 2 is 1.90 bits per heavy atom. The molecule has 0 bridgehead atoms. The van der Waals surface area contributed by atoms with E-state index in [0.29, 0.717) is 6.07 Å². The molecule has 112 valence electrons. The molecule has 1 amide bonds. The Bertz CT molecular complexity index is 643. The monoisotopic (exact) mass is 333 g/mol. The van der Waals surface area contributed by atoms with Crippen LogP contribution >= 0.6 is 10.7 Å². The average molecular weight is 334 g/mol. The van der Waals surface area contributed by atoms with Crippen molar-refractivity contribution in [3.05, 3.63) is 29.1 Å². The second kappa shape index (κ2) is 5.57. The number of hydrogen-bond acceptors (Lipinski definition) is 3. The van der Waals surface area contributed by atoms with Crippen LogP contribution in [0, 0.1) is 12.7 Å². The van der Waals surface area contributed by atoms with Gasteiger partial charge in [0.2, 0.25) is 0 Å². The van der Waals surface area contributed by atoms with Crippen LogP contribution < -0.4 is 5.32 Å². The summed E-state index contributed by atoms with van der Waals surface area (Å²) >= 11 is 0. The zero-order chi connectivity index (χ0) is 15.7. The summed E-state index contributed by atoms with van der Waals surface area (Å²) in [5.41, 5.74) is -1.06. The molecule has 1 aromatic carbocycles. The van der Waals surface area contributed by atoms with Crippen molar-refractivity contribution in [1.82, 2.24) is 5.32 Å². The van der Waals surface area contributed by atoms with Gasteiger partial charge in [0.05, 0.1) is 10.5 Å². The van der Waals surface area contributed by atoms with Crippen LogP contribution in [0.15, 0.2) is 17.0 Å². The van der Waals surface area contributed by atoms with Crippen molar-refractivity contribution in [2.75, 3.05) is 6.54 Å². The van der Waals surface area contributed by atoms with Gasteiger partial charge in [0, 0.05) is 10.7 Å². The maximum Gasteiger partial charge on any atom is 0.405 e. The normalized spacial score (nSPS) is 12.3. The van der Waals surface area contributed by atoms with Crippen LogP contribution in [0.1, 0.15) is 15.9 Å². The van der Waals surface area contributed by atoms with Crippen LogP contribution in [0.5, 0.6) is 0 Å². The first-order chi connectivity index (χ1) is 8.92. The van der Waals surface area contributed by atoms with E-state index in [-0.39, 0.29) is 5.56 Å². The molecule has 0 spiro atoms. The van der Waals surface area contributed by atoms with E-state index in [9.17, 15) is 30.8 Å². The third-order valence-corrected chi connectivity index (χ3v) is 3.54. The first kappa shape index (κ1) is 16.7. The number of carbonyl (C=O) groups excluding carboxylic acids is 1. The van der Waals surface area contributed by atoms with Crippen molar-refractivity contribution < 1.29 is 30.8 Å². The Morgan fingerprint density at radius 3 is 2.35 bits per heavy atom. The van der Waals surface area contributed by atoms with Crippen molar-refractivity contribution >= 4 is 25.6 Å². The molecule has 0 aliphatic heterocycles. The van der Waals surface area contributed by atoms with Crippen molar-refractivity contribution in [3.63, 3.8) is 0 Å². The molecule has 0 heterocycles. The van der Waals surface area contributed by atoms with Gasteiger partial charge in [-0.15, -0.1) is 0 Å². The van der Waals surface area contributed by atoms with Crippen molar-refractivity contribution in [3.8, 4) is 0 Å². The van der Waals surface area contributed by atoms with Gasteiger partial charge in [0.15, 0.2) is 0 Å². The zero-order valence-electron chi connectivity index (χ0n) is 9.88. The number of rotatable bonds is 3. The molecule has 0 aliphatic carbocycles. The summed E-state index contributed by atoms with van der Waals surface area (Å²) in [6.45, 7) is -0.510. The summed E-state index contributed by atoms with van der Waals surface area (Å²) in [4.78, 5) is 10.9. The van der Waals surface area contributed by atoms with Gasteiger partial charge in [-0.1, -0.05) is 0 Å². The molecule has 20 heavy (non-hydrogen) atoms. The highest BCUT2D eigenvalue weighted by atomic mass is 35.7. The molecule has 0 aliphatic rings. The molecule has 1 aromatic rings. The Labute approximate surface area is 116 Å². The number of nitrogens with one attached hydrogen (secondary N) is 1. The lowest BCUT2D eigenvalue weighted by atomic mass is 10.1. The number of alkyl halides is 3. The van der Waals surface area contributed by atoms with Crippen LogP contribution in [0.3, 0.4) is 0 Å². The third kappa shape index (κ3) is 4.34. The smallest absolute Gasteiger partial charge is 0.343 e. The summed E-state index contributed by atoms with van der Waals surface area (Å²) in [5, 5.41) is 1.44. The zero-order valence-corrected chi connectivity index (χ0v) is 11.5. The molecule has 10 heteroatoms. The maximum atomic E-state index is 13.7. The standard InChI is InChI=1S/C10H8ClF4NO3S/c1-5-2-6(20(11,18)19)3-7(8(5)12)9(17)16-4-10(13,14)15/h2-3H,4H2,1H3,(H,16,17). The molecular formula is C10H8ClF4NO3S. The fourth-order valence-corrected chi connectivity index (χ4v) is 2.16. The number of halogens is 5. The Balaban J connectivity index is 3.18. The largest absolute Gasteiger partial charge is 0.405 e. The van der Waals surface area contributed by atoms with Crippen LogP contribution in [-0.4, -0.2) is 27.0 Å². The maximum absolute atomic E-state index is 13.7. The van der Waals surface area contributed by atoms with E-state index in [2.05, 4.69) is 0 Å². The molecule has 1 rings (SSSR count). The van der Waals surface area contributed by atoms with Crippen LogP contribution in [-0.2, 0) is 9.05 Å². The average Bonchev–Trinajstić information content (AvgIpc) is 2.27. The molecule has 0 atom stereocenters. The Kier molecular flexibility index (Phi) is 4.65. The van der Waals surface area contributed by atoms with Crippen LogP contribution in [0.25, 0.3) is 0 Å². The lowest BCUT2D eigenvalue weighted by molar-refractivity contribution is -0.123. The number of benzene rings is 1. The Morgan fingerprint density at radius 1 is 1.35 bits per heavy atom. The van der Waals surface area contributed by atoms with E-state index >= 15 is 0 Å². The fraction of sp³-hybridized carbons (Fsp3) is 0.300. The summed E-state index contributed by atoms with van der Waals surface area (Å²) in [6, 6.07) is 1.45. The van der Waals surface area contributed by atoms with Gasteiger partial charge in [-0.05, 0) is 24.6 Å². The molecule has 0 aromatic heterocycles. The number of hydrogen-bond donors (Lipinski definition) is 1. The highest BCUT2D eigenvalue weighted by molar-refractivity contribution is 8.13. The predicted octanol–water partition coefficient (Wildman–Crippen LogP) is 2.35. The second-order valence-electron chi connectivity index (χ2n) is 3.84. The van der Waals surface area contributed by atoms with E-state index < -0.39 is 44.0 Å². The SMILES string of the molecule is Cc1cc(S(=O)(=O)Cl)cc(C(=O)NCC(F)(F)F)c1F. The lowest BCUT2D eigenvalue weighted by Gasteiger charge is -2.10. The summed E-state index contributed by atoms with van der Waals surface area (Å²) in [7, 11) is 0.809. The second-order valence-corrected chi connectivity index (χ2v) is 6.40. The van der Waals surface area contributed by atoms with Gasteiger partial charge in [-0.2, -0.15) is 13.2 Å². The molecule has 1 N–H and O–H groups in total. The minimum Gasteiger partial charge on any atom is -0.343 e. The first-order valence-corrected chi connectivity index (χ1v) is 7.32. The van der Waals surface area contributed by atoms with Crippen molar-refractivity contribution in [2.24, 2.45) is 0 Å². The van der Waals surface area contributed by atoms with Crippen molar-refractivity contribution in [1.29, 1.82) is 0 Å². The summed E-state index contributed by atoms with van der Waals surface area (Å²) < 4.78 is 71.8.